The molecule has 17 heavy (non-hydrogen) atoms. The number of nitrogens with one attached hydrogen (secondary N) is 1. The molecule has 0 bridgehead atoms. The number of hydrogen-bond donors (Lipinski definition) is 1. The van der Waals surface area contributed by atoms with Gasteiger partial charge in [-0.05, 0) is 10.3 Å². The second-order valence-corrected chi connectivity index (χ2v) is 18.5. The normalized spacial score (nSPS) is 16.1. The van der Waals surface area contributed by atoms with E-state index in [1.54, 1.807) is 0 Å². The third kappa shape index (κ3) is 4.07. The summed E-state index contributed by atoms with van der Waals surface area (Å²) >= 11 is 0. The minimum Gasteiger partial charge on any atom is -0.317 e. The predicted molar refractivity (Wildman–Crippen MR) is 86.9 cm³/mol. The second kappa shape index (κ2) is 5.41. The summed E-state index contributed by atoms with van der Waals surface area (Å²) in [5.74, 6) is 0. The Hall–Kier alpha value is 0.134. The molecule has 0 aromatic heterocycles. The Morgan fingerprint density at radius 3 is 1.71 bits per heavy atom. The van der Waals surface area contributed by atoms with Crippen molar-refractivity contribution < 1.29 is 0 Å². The lowest BCUT2D eigenvalue weighted by molar-refractivity contribution is 0.586. The van der Waals surface area contributed by atoms with Gasteiger partial charge in [0.2, 0.25) is 0 Å². The first-order valence-corrected chi connectivity index (χ1v) is 13.0. The average Bonchev–Trinajstić information content (AvgIpc) is 2.11. The first kappa shape index (κ1) is 17.1. The molecule has 0 radical (unpaired) electrons. The van der Waals surface area contributed by atoms with Crippen LogP contribution in [0.3, 0.4) is 0 Å². The zero-order chi connectivity index (χ0) is 14.1. The minimum absolute atomic E-state index is 0.423. The molecule has 3 heteroatoms. The van der Waals surface area contributed by atoms with Crippen LogP contribution in [0.15, 0.2) is 12.3 Å². The minimum atomic E-state index is -1.40. The Bertz CT molecular complexity index is 262. The van der Waals surface area contributed by atoms with Crippen LogP contribution in [0.4, 0.5) is 0 Å². The van der Waals surface area contributed by atoms with E-state index in [0.717, 1.165) is 0 Å². The molecule has 102 valence electrons. The highest BCUT2D eigenvalue weighted by Gasteiger charge is 2.48. The monoisotopic (exact) mass is 271 g/mol. The molecule has 0 heterocycles. The van der Waals surface area contributed by atoms with Crippen molar-refractivity contribution in [3.05, 3.63) is 12.3 Å². The van der Waals surface area contributed by atoms with Crippen LogP contribution in [0.5, 0.6) is 0 Å². The fourth-order valence-corrected chi connectivity index (χ4v) is 13.9. The first-order valence-electron chi connectivity index (χ1n) is 6.76. The van der Waals surface area contributed by atoms with Gasteiger partial charge in [-0.3, -0.25) is 0 Å². The summed E-state index contributed by atoms with van der Waals surface area (Å²) < 4.78 is 0. The van der Waals surface area contributed by atoms with Gasteiger partial charge < -0.3 is 5.32 Å². The van der Waals surface area contributed by atoms with Gasteiger partial charge >= 0.3 is 0 Å². The lowest BCUT2D eigenvalue weighted by Gasteiger charge is -2.49. The topological polar surface area (TPSA) is 12.0 Å². The fraction of sp³-hybridized carbons (Fsp3) is 0.857. The fourth-order valence-electron chi connectivity index (χ4n) is 2.24. The smallest absolute Gasteiger partial charge is 0.0855 e. The van der Waals surface area contributed by atoms with Crippen LogP contribution in [0.25, 0.3) is 0 Å². The van der Waals surface area contributed by atoms with Gasteiger partial charge in [0.15, 0.2) is 0 Å². The molecule has 1 nitrogen and oxygen atoms in total. The second-order valence-electron chi connectivity index (χ2n) is 7.75. The van der Waals surface area contributed by atoms with Crippen LogP contribution >= 0.6 is 0 Å². The SMILES string of the molecule is C=C[Si](C)(C)C(NC(C)C)[Si](C)(C)C(C)(C)C. The van der Waals surface area contributed by atoms with E-state index in [2.05, 4.69) is 78.4 Å². The summed E-state index contributed by atoms with van der Waals surface area (Å²) in [7, 11) is -2.77. The maximum absolute atomic E-state index is 4.10. The van der Waals surface area contributed by atoms with Crippen molar-refractivity contribution in [1.29, 1.82) is 0 Å². The Balaban J connectivity index is 5.40. The van der Waals surface area contributed by atoms with Gasteiger partial charge in [0.25, 0.3) is 0 Å². The van der Waals surface area contributed by atoms with Gasteiger partial charge in [-0.25, -0.2) is 0 Å². The van der Waals surface area contributed by atoms with Crippen LogP contribution in [-0.2, 0) is 0 Å². The molecule has 0 spiro atoms. The van der Waals surface area contributed by atoms with E-state index in [9.17, 15) is 0 Å². The lowest BCUT2D eigenvalue weighted by atomic mass is 10.2. The molecule has 1 atom stereocenters. The summed E-state index contributed by atoms with van der Waals surface area (Å²) in [5.41, 5.74) is 2.26. The van der Waals surface area contributed by atoms with Gasteiger partial charge in [0.05, 0.1) is 16.1 Å². The molecule has 0 aliphatic heterocycles. The zero-order valence-corrected chi connectivity index (χ0v) is 15.4. The largest absolute Gasteiger partial charge is 0.317 e. The standard InChI is InChI=1S/C14H33NSi2/c1-11-16(7,8)13(15-12(2)3)17(9,10)14(4,5)6/h11-13,15H,1H2,2-10H3. The van der Waals surface area contributed by atoms with E-state index in [0.29, 0.717) is 16.4 Å². The highest BCUT2D eigenvalue weighted by molar-refractivity contribution is 7.00. The molecule has 0 aliphatic rings. The van der Waals surface area contributed by atoms with Crippen molar-refractivity contribution in [3.8, 4) is 0 Å². The molecule has 1 N–H and O–H groups in total. The summed E-state index contributed by atoms with van der Waals surface area (Å²) in [6, 6.07) is 0.556. The number of hydrogen-bond acceptors (Lipinski definition) is 1. The highest BCUT2D eigenvalue weighted by Crippen LogP contribution is 2.40. The van der Waals surface area contributed by atoms with Crippen LogP contribution in [0, 0.1) is 0 Å². The Morgan fingerprint density at radius 2 is 1.47 bits per heavy atom. The quantitative estimate of drug-likeness (QED) is 0.732. The summed E-state index contributed by atoms with van der Waals surface area (Å²) in [6.07, 6.45) is 0. The van der Waals surface area contributed by atoms with E-state index in [1.807, 2.05) is 0 Å². The van der Waals surface area contributed by atoms with Crippen molar-refractivity contribution in [2.24, 2.45) is 0 Å². The van der Waals surface area contributed by atoms with Crippen molar-refractivity contribution in [3.63, 3.8) is 0 Å². The molecule has 0 aromatic carbocycles. The summed E-state index contributed by atoms with van der Waals surface area (Å²) in [4.78, 5) is 0. The molecule has 0 aliphatic carbocycles. The van der Waals surface area contributed by atoms with Crippen LogP contribution in [0.2, 0.25) is 31.2 Å². The molecule has 0 rings (SSSR count). The predicted octanol–water partition coefficient (Wildman–Crippen LogP) is 4.37. The Labute approximate surface area is 111 Å². The summed E-state index contributed by atoms with van der Waals surface area (Å²) in [6.45, 7) is 25.8. The van der Waals surface area contributed by atoms with Gasteiger partial charge in [0, 0.05) is 6.04 Å². The van der Waals surface area contributed by atoms with E-state index >= 15 is 0 Å². The molecule has 0 aromatic rings. The molecular formula is C14H33NSi2. The van der Waals surface area contributed by atoms with E-state index < -0.39 is 16.1 Å². The zero-order valence-electron chi connectivity index (χ0n) is 13.4. The molecule has 0 saturated carbocycles. The van der Waals surface area contributed by atoms with Crippen LogP contribution < -0.4 is 5.32 Å². The number of rotatable bonds is 5. The van der Waals surface area contributed by atoms with Crippen LogP contribution in [-0.4, -0.2) is 27.5 Å². The molecule has 0 amide bonds. The summed E-state index contributed by atoms with van der Waals surface area (Å²) in [5, 5.41) is 4.98. The van der Waals surface area contributed by atoms with Gasteiger partial charge in [0.1, 0.15) is 0 Å². The van der Waals surface area contributed by atoms with Crippen molar-refractivity contribution in [2.45, 2.75) is 77.2 Å². The van der Waals surface area contributed by atoms with Crippen molar-refractivity contribution >= 4 is 16.1 Å². The maximum Gasteiger partial charge on any atom is 0.0855 e. The van der Waals surface area contributed by atoms with Gasteiger partial charge in [-0.2, -0.15) is 0 Å². The first-order chi connectivity index (χ1) is 7.36. The lowest BCUT2D eigenvalue weighted by Crippen LogP contribution is -2.68. The average molecular weight is 272 g/mol. The third-order valence-electron chi connectivity index (χ3n) is 4.42. The van der Waals surface area contributed by atoms with E-state index in [1.165, 1.54) is 0 Å². The Morgan fingerprint density at radius 1 is 1.06 bits per heavy atom. The van der Waals surface area contributed by atoms with Gasteiger partial charge in [-0.1, -0.05) is 60.8 Å². The molecule has 0 fully saturated rings. The van der Waals surface area contributed by atoms with Gasteiger partial charge in [-0.15, -0.1) is 12.3 Å². The third-order valence-corrected chi connectivity index (χ3v) is 17.0. The molecule has 1 unspecified atom stereocenters. The van der Waals surface area contributed by atoms with Crippen molar-refractivity contribution in [1.82, 2.24) is 5.32 Å². The van der Waals surface area contributed by atoms with E-state index in [-0.39, 0.29) is 0 Å². The van der Waals surface area contributed by atoms with Crippen molar-refractivity contribution in [2.75, 3.05) is 0 Å². The molecular weight excluding hydrogens is 238 g/mol. The molecule has 0 saturated heterocycles. The Kier molecular flexibility index (Phi) is 5.45. The van der Waals surface area contributed by atoms with E-state index in [4.69, 9.17) is 0 Å². The highest BCUT2D eigenvalue weighted by atomic mass is 28.4. The maximum atomic E-state index is 4.10. The van der Waals surface area contributed by atoms with Crippen LogP contribution in [0.1, 0.15) is 34.6 Å².